The van der Waals surface area contributed by atoms with E-state index in [-0.39, 0.29) is 29.2 Å². The summed E-state index contributed by atoms with van der Waals surface area (Å²) in [6.45, 7) is 4.08. The van der Waals surface area contributed by atoms with Gasteiger partial charge < -0.3 is 0 Å². The molecule has 1 unspecified atom stereocenters. The van der Waals surface area contributed by atoms with Gasteiger partial charge in [0.15, 0.2) is 9.84 Å². The fraction of sp³-hybridized carbons (Fsp3) is 0.900. The standard InChI is InChI=1S/C10H19NO3S/c1-8(2)10(12)6-11(3)9-4-5-15(13,14)7-9/h8-9H,4-7H2,1-3H3. The van der Waals surface area contributed by atoms with Gasteiger partial charge in [0.1, 0.15) is 5.78 Å². The van der Waals surface area contributed by atoms with Gasteiger partial charge in [-0.1, -0.05) is 13.8 Å². The van der Waals surface area contributed by atoms with Crippen molar-refractivity contribution in [1.82, 2.24) is 4.90 Å². The number of likely N-dealkylation sites (N-methyl/N-ethyl adjacent to an activating group) is 1. The molecule has 1 rings (SSSR count). The van der Waals surface area contributed by atoms with Crippen molar-refractivity contribution in [3.63, 3.8) is 0 Å². The van der Waals surface area contributed by atoms with Crippen LogP contribution in [0.15, 0.2) is 0 Å². The van der Waals surface area contributed by atoms with Crippen molar-refractivity contribution in [3.8, 4) is 0 Å². The Morgan fingerprint density at radius 3 is 2.47 bits per heavy atom. The van der Waals surface area contributed by atoms with Crippen LogP contribution in [-0.2, 0) is 14.6 Å². The summed E-state index contributed by atoms with van der Waals surface area (Å²) in [6, 6.07) is 0.0256. The van der Waals surface area contributed by atoms with Crippen LogP contribution < -0.4 is 0 Å². The monoisotopic (exact) mass is 233 g/mol. The second-order valence-corrected chi connectivity index (χ2v) is 6.82. The molecule has 0 aromatic rings. The second kappa shape index (κ2) is 4.61. The van der Waals surface area contributed by atoms with Gasteiger partial charge in [-0.05, 0) is 13.5 Å². The van der Waals surface area contributed by atoms with E-state index < -0.39 is 9.84 Å². The van der Waals surface area contributed by atoms with E-state index in [1.165, 1.54) is 0 Å². The van der Waals surface area contributed by atoms with Gasteiger partial charge in [0.25, 0.3) is 0 Å². The van der Waals surface area contributed by atoms with E-state index in [0.717, 1.165) is 0 Å². The molecular formula is C10H19NO3S. The molecule has 0 bridgehead atoms. The molecule has 0 N–H and O–H groups in total. The van der Waals surface area contributed by atoms with Crippen LogP contribution in [0.3, 0.4) is 0 Å². The topological polar surface area (TPSA) is 54.5 Å². The Bertz CT molecular complexity index is 335. The van der Waals surface area contributed by atoms with Crippen molar-refractivity contribution in [2.24, 2.45) is 5.92 Å². The first-order chi connectivity index (χ1) is 6.82. The van der Waals surface area contributed by atoms with Crippen LogP contribution in [0.1, 0.15) is 20.3 Å². The predicted octanol–water partition coefficient (Wildman–Crippen LogP) is 0.330. The van der Waals surface area contributed by atoms with Crippen LogP contribution in [0.2, 0.25) is 0 Å². The highest BCUT2D eigenvalue weighted by atomic mass is 32.2. The molecule has 1 fully saturated rings. The van der Waals surface area contributed by atoms with Crippen LogP contribution in [0.5, 0.6) is 0 Å². The molecule has 1 atom stereocenters. The van der Waals surface area contributed by atoms with E-state index in [4.69, 9.17) is 0 Å². The number of hydrogen-bond donors (Lipinski definition) is 0. The smallest absolute Gasteiger partial charge is 0.151 e. The number of rotatable bonds is 4. The van der Waals surface area contributed by atoms with Crippen LogP contribution in [0, 0.1) is 5.92 Å². The lowest BCUT2D eigenvalue weighted by atomic mass is 10.1. The molecular weight excluding hydrogens is 214 g/mol. The quantitative estimate of drug-likeness (QED) is 0.702. The lowest BCUT2D eigenvalue weighted by molar-refractivity contribution is -0.123. The van der Waals surface area contributed by atoms with E-state index in [0.29, 0.717) is 13.0 Å². The summed E-state index contributed by atoms with van der Waals surface area (Å²) in [6.07, 6.45) is 0.657. The van der Waals surface area contributed by atoms with Gasteiger partial charge in [0.2, 0.25) is 0 Å². The van der Waals surface area contributed by atoms with E-state index in [9.17, 15) is 13.2 Å². The average Bonchev–Trinajstić information content (AvgIpc) is 2.45. The Labute approximate surface area is 91.6 Å². The highest BCUT2D eigenvalue weighted by Crippen LogP contribution is 2.16. The van der Waals surface area contributed by atoms with Crippen LogP contribution in [-0.4, -0.2) is 50.2 Å². The maximum atomic E-state index is 11.5. The zero-order valence-corrected chi connectivity index (χ0v) is 10.4. The van der Waals surface area contributed by atoms with Crippen molar-refractivity contribution >= 4 is 15.6 Å². The fourth-order valence-corrected chi connectivity index (χ4v) is 3.49. The second-order valence-electron chi connectivity index (χ2n) is 4.59. The summed E-state index contributed by atoms with van der Waals surface area (Å²) in [4.78, 5) is 13.3. The molecule has 0 radical (unpaired) electrons. The first-order valence-corrected chi connectivity index (χ1v) is 7.07. The number of Topliss-reactive ketones (excluding diaryl/α,β-unsaturated/α-hetero) is 1. The lowest BCUT2D eigenvalue weighted by Gasteiger charge is -2.22. The molecule has 5 heteroatoms. The zero-order valence-electron chi connectivity index (χ0n) is 9.56. The maximum Gasteiger partial charge on any atom is 0.151 e. The molecule has 0 saturated carbocycles. The van der Waals surface area contributed by atoms with Gasteiger partial charge in [-0.2, -0.15) is 0 Å². The van der Waals surface area contributed by atoms with E-state index in [2.05, 4.69) is 0 Å². The third-order valence-electron chi connectivity index (χ3n) is 2.88. The normalized spacial score (nSPS) is 25.0. The van der Waals surface area contributed by atoms with E-state index in [1.807, 2.05) is 25.8 Å². The Morgan fingerprint density at radius 1 is 1.47 bits per heavy atom. The van der Waals surface area contributed by atoms with Crippen molar-refractivity contribution in [2.75, 3.05) is 25.1 Å². The minimum absolute atomic E-state index is 0.0189. The molecule has 0 aliphatic carbocycles. The molecule has 1 aliphatic rings. The maximum absolute atomic E-state index is 11.5. The van der Waals surface area contributed by atoms with Crippen LogP contribution in [0.4, 0.5) is 0 Å². The van der Waals surface area contributed by atoms with Gasteiger partial charge in [0.05, 0.1) is 18.1 Å². The first-order valence-electron chi connectivity index (χ1n) is 5.25. The molecule has 88 valence electrons. The van der Waals surface area contributed by atoms with Crippen molar-refractivity contribution in [3.05, 3.63) is 0 Å². The zero-order chi connectivity index (χ0) is 11.6. The SMILES string of the molecule is CC(C)C(=O)CN(C)C1CCS(=O)(=O)C1. The van der Waals surface area contributed by atoms with Gasteiger partial charge >= 0.3 is 0 Å². The number of ketones is 1. The Hall–Kier alpha value is -0.420. The Balaban J connectivity index is 2.49. The van der Waals surface area contributed by atoms with E-state index >= 15 is 0 Å². The van der Waals surface area contributed by atoms with Gasteiger partial charge in [0, 0.05) is 12.0 Å². The molecule has 1 saturated heterocycles. The number of sulfone groups is 1. The minimum Gasteiger partial charge on any atom is -0.298 e. The molecule has 0 spiro atoms. The van der Waals surface area contributed by atoms with Gasteiger partial charge in [-0.15, -0.1) is 0 Å². The van der Waals surface area contributed by atoms with Crippen LogP contribution in [0.25, 0.3) is 0 Å². The summed E-state index contributed by atoms with van der Waals surface area (Å²) in [5.74, 6) is 0.652. The lowest BCUT2D eigenvalue weighted by Crippen LogP contribution is -2.37. The number of carbonyl (C=O) groups is 1. The highest BCUT2D eigenvalue weighted by Gasteiger charge is 2.31. The summed E-state index contributed by atoms with van der Waals surface area (Å²) in [5.41, 5.74) is 0. The van der Waals surface area contributed by atoms with Crippen molar-refractivity contribution < 1.29 is 13.2 Å². The van der Waals surface area contributed by atoms with E-state index in [1.54, 1.807) is 0 Å². The van der Waals surface area contributed by atoms with Gasteiger partial charge in [-0.25, -0.2) is 8.42 Å². The predicted molar refractivity (Wildman–Crippen MR) is 59.5 cm³/mol. The molecule has 15 heavy (non-hydrogen) atoms. The fourth-order valence-electron chi connectivity index (χ4n) is 1.68. The third kappa shape index (κ3) is 3.57. The van der Waals surface area contributed by atoms with Crippen molar-refractivity contribution in [1.29, 1.82) is 0 Å². The highest BCUT2D eigenvalue weighted by molar-refractivity contribution is 7.91. The number of carbonyl (C=O) groups excluding carboxylic acids is 1. The first kappa shape index (κ1) is 12.6. The summed E-state index contributed by atoms with van der Waals surface area (Å²) in [7, 11) is -1.02. The molecule has 1 aliphatic heterocycles. The number of hydrogen-bond acceptors (Lipinski definition) is 4. The summed E-state index contributed by atoms with van der Waals surface area (Å²) < 4.78 is 22.5. The molecule has 0 aromatic heterocycles. The van der Waals surface area contributed by atoms with Gasteiger partial charge in [-0.3, -0.25) is 9.69 Å². The largest absolute Gasteiger partial charge is 0.298 e. The number of nitrogens with zero attached hydrogens (tertiary/aromatic N) is 1. The Kier molecular flexibility index (Phi) is 3.89. The average molecular weight is 233 g/mol. The molecule has 0 amide bonds. The Morgan fingerprint density at radius 2 is 2.07 bits per heavy atom. The van der Waals surface area contributed by atoms with Crippen molar-refractivity contribution in [2.45, 2.75) is 26.3 Å². The molecule has 1 heterocycles. The summed E-state index contributed by atoms with van der Waals surface area (Å²) in [5, 5.41) is 0. The van der Waals surface area contributed by atoms with Crippen LogP contribution >= 0.6 is 0 Å². The molecule has 0 aromatic carbocycles. The molecule has 4 nitrogen and oxygen atoms in total. The third-order valence-corrected chi connectivity index (χ3v) is 4.63. The minimum atomic E-state index is -2.85. The summed E-state index contributed by atoms with van der Waals surface area (Å²) >= 11 is 0.